The lowest BCUT2D eigenvalue weighted by Gasteiger charge is -2.16. The van der Waals surface area contributed by atoms with Gasteiger partial charge in [-0.3, -0.25) is 4.18 Å². The summed E-state index contributed by atoms with van der Waals surface area (Å²) in [6, 6.07) is 0. The van der Waals surface area contributed by atoms with E-state index in [2.05, 4.69) is 4.18 Å². The van der Waals surface area contributed by atoms with Crippen molar-refractivity contribution in [3.63, 3.8) is 0 Å². The standard InChI is InChI=1S/C8H18O4S/c1-4-5-6-13(10,11)12-7-8(2,3)9/h9H,4-7H2,1-3H3. The molecular formula is C8H18O4S. The van der Waals surface area contributed by atoms with Crippen molar-refractivity contribution in [3.8, 4) is 0 Å². The van der Waals surface area contributed by atoms with Gasteiger partial charge in [-0.2, -0.15) is 8.42 Å². The van der Waals surface area contributed by atoms with Crippen LogP contribution in [0, 0.1) is 0 Å². The van der Waals surface area contributed by atoms with Crippen molar-refractivity contribution in [3.05, 3.63) is 0 Å². The fourth-order valence-corrected chi connectivity index (χ4v) is 1.84. The van der Waals surface area contributed by atoms with E-state index in [-0.39, 0.29) is 12.4 Å². The maximum Gasteiger partial charge on any atom is 0.267 e. The summed E-state index contributed by atoms with van der Waals surface area (Å²) in [4.78, 5) is 0. The molecule has 0 saturated heterocycles. The smallest absolute Gasteiger partial charge is 0.267 e. The molecular weight excluding hydrogens is 192 g/mol. The van der Waals surface area contributed by atoms with Gasteiger partial charge in [0, 0.05) is 0 Å². The van der Waals surface area contributed by atoms with Crippen molar-refractivity contribution >= 4 is 10.1 Å². The van der Waals surface area contributed by atoms with Gasteiger partial charge in [-0.05, 0) is 20.3 Å². The molecule has 0 rings (SSSR count). The van der Waals surface area contributed by atoms with E-state index < -0.39 is 15.7 Å². The Labute approximate surface area is 80.0 Å². The monoisotopic (exact) mass is 210 g/mol. The minimum atomic E-state index is -3.44. The minimum absolute atomic E-state index is 0.0274. The molecule has 0 aliphatic heterocycles. The van der Waals surface area contributed by atoms with Crippen molar-refractivity contribution in [1.29, 1.82) is 0 Å². The van der Waals surface area contributed by atoms with E-state index in [0.29, 0.717) is 6.42 Å². The van der Waals surface area contributed by atoms with Gasteiger partial charge in [-0.25, -0.2) is 0 Å². The van der Waals surface area contributed by atoms with Crippen molar-refractivity contribution < 1.29 is 17.7 Å². The van der Waals surface area contributed by atoms with Crippen molar-refractivity contribution in [2.24, 2.45) is 0 Å². The molecule has 0 atom stereocenters. The average Bonchev–Trinajstić information content (AvgIpc) is 1.97. The summed E-state index contributed by atoms with van der Waals surface area (Å²) in [5.41, 5.74) is -1.10. The molecule has 0 saturated carbocycles. The Kier molecular flexibility index (Phi) is 4.88. The molecule has 1 N–H and O–H groups in total. The molecule has 0 aromatic rings. The molecule has 13 heavy (non-hydrogen) atoms. The maximum atomic E-state index is 11.1. The number of aliphatic hydroxyl groups is 1. The van der Waals surface area contributed by atoms with Gasteiger partial charge in [0.15, 0.2) is 0 Å². The highest BCUT2D eigenvalue weighted by atomic mass is 32.2. The van der Waals surface area contributed by atoms with E-state index in [1.54, 1.807) is 0 Å². The summed E-state index contributed by atoms with van der Waals surface area (Å²) in [7, 11) is -3.44. The van der Waals surface area contributed by atoms with Gasteiger partial charge in [0.05, 0.1) is 18.0 Å². The number of hydrogen-bond acceptors (Lipinski definition) is 4. The third-order valence-corrected chi connectivity index (χ3v) is 2.61. The van der Waals surface area contributed by atoms with E-state index >= 15 is 0 Å². The maximum absolute atomic E-state index is 11.1. The van der Waals surface area contributed by atoms with Gasteiger partial charge < -0.3 is 5.11 Å². The van der Waals surface area contributed by atoms with Gasteiger partial charge in [0.1, 0.15) is 0 Å². The van der Waals surface area contributed by atoms with Gasteiger partial charge in [-0.1, -0.05) is 13.3 Å². The predicted molar refractivity (Wildman–Crippen MR) is 50.9 cm³/mol. The van der Waals surface area contributed by atoms with E-state index in [9.17, 15) is 13.5 Å². The lowest BCUT2D eigenvalue weighted by atomic mass is 10.2. The van der Waals surface area contributed by atoms with E-state index in [1.165, 1.54) is 13.8 Å². The van der Waals surface area contributed by atoms with Crippen LogP contribution in [0.2, 0.25) is 0 Å². The summed E-state index contributed by atoms with van der Waals surface area (Å²) in [6.45, 7) is 4.73. The SMILES string of the molecule is CCCCS(=O)(=O)OCC(C)(C)O. The molecule has 0 aromatic carbocycles. The Morgan fingerprint density at radius 3 is 2.31 bits per heavy atom. The molecule has 0 amide bonds. The predicted octanol–water partition coefficient (Wildman–Crippen LogP) is 0.904. The summed E-state index contributed by atoms with van der Waals surface area (Å²) < 4.78 is 26.8. The van der Waals surface area contributed by atoms with Crippen LogP contribution in [0.5, 0.6) is 0 Å². The summed E-state index contributed by atoms with van der Waals surface area (Å²) in [5, 5.41) is 9.22. The summed E-state index contributed by atoms with van der Waals surface area (Å²) in [6.07, 6.45) is 1.40. The second kappa shape index (κ2) is 4.93. The van der Waals surface area contributed by atoms with E-state index in [1.807, 2.05) is 6.92 Å². The largest absolute Gasteiger partial charge is 0.388 e. The van der Waals surface area contributed by atoms with Crippen molar-refractivity contribution in [2.45, 2.75) is 39.2 Å². The van der Waals surface area contributed by atoms with Gasteiger partial charge >= 0.3 is 0 Å². The molecule has 0 fully saturated rings. The highest BCUT2D eigenvalue weighted by molar-refractivity contribution is 7.86. The third-order valence-electron chi connectivity index (χ3n) is 1.34. The molecule has 0 spiro atoms. The van der Waals surface area contributed by atoms with Crippen LogP contribution in [0.3, 0.4) is 0 Å². The normalized spacial score (nSPS) is 13.2. The summed E-state index contributed by atoms with van der Waals surface area (Å²) in [5.74, 6) is 0.0274. The highest BCUT2D eigenvalue weighted by Crippen LogP contribution is 2.06. The lowest BCUT2D eigenvalue weighted by molar-refractivity contribution is 0.0307. The second-order valence-electron chi connectivity index (χ2n) is 3.69. The summed E-state index contributed by atoms with van der Waals surface area (Å²) >= 11 is 0. The topological polar surface area (TPSA) is 63.6 Å². The van der Waals surface area contributed by atoms with Crippen LogP contribution in [0.4, 0.5) is 0 Å². The molecule has 0 radical (unpaired) electrons. The zero-order valence-electron chi connectivity index (χ0n) is 8.41. The van der Waals surface area contributed by atoms with Gasteiger partial charge in [-0.15, -0.1) is 0 Å². The van der Waals surface area contributed by atoms with Crippen LogP contribution >= 0.6 is 0 Å². The average molecular weight is 210 g/mol. The second-order valence-corrected chi connectivity index (χ2v) is 5.45. The Morgan fingerprint density at radius 2 is 1.92 bits per heavy atom. The molecule has 0 aliphatic carbocycles. The van der Waals surface area contributed by atoms with Crippen LogP contribution in [-0.4, -0.2) is 31.5 Å². The molecule has 5 heteroatoms. The Bertz CT molecular complexity index is 225. The molecule has 4 nitrogen and oxygen atoms in total. The molecule has 0 unspecified atom stereocenters. The Morgan fingerprint density at radius 1 is 1.38 bits per heavy atom. The first-order valence-corrected chi connectivity index (χ1v) is 5.94. The van der Waals surface area contributed by atoms with Gasteiger partial charge in [0.25, 0.3) is 10.1 Å². The fourth-order valence-electron chi connectivity index (χ4n) is 0.614. The molecule has 0 bridgehead atoms. The van der Waals surface area contributed by atoms with Crippen LogP contribution < -0.4 is 0 Å². The first kappa shape index (κ1) is 12.9. The van der Waals surface area contributed by atoms with Crippen LogP contribution in [0.1, 0.15) is 33.6 Å². The third kappa shape index (κ3) is 8.21. The van der Waals surface area contributed by atoms with Crippen LogP contribution in [0.25, 0.3) is 0 Å². The Hall–Kier alpha value is -0.130. The number of unbranched alkanes of at least 4 members (excludes halogenated alkanes) is 1. The fraction of sp³-hybridized carbons (Fsp3) is 1.00. The zero-order valence-corrected chi connectivity index (χ0v) is 9.23. The Balaban J connectivity index is 3.91. The highest BCUT2D eigenvalue weighted by Gasteiger charge is 2.18. The van der Waals surface area contributed by atoms with Crippen molar-refractivity contribution in [2.75, 3.05) is 12.4 Å². The molecule has 80 valence electrons. The molecule has 0 aliphatic rings. The van der Waals surface area contributed by atoms with Crippen LogP contribution in [-0.2, 0) is 14.3 Å². The molecule has 0 heterocycles. The lowest BCUT2D eigenvalue weighted by Crippen LogP contribution is -2.28. The zero-order chi connectivity index (χ0) is 10.5. The van der Waals surface area contributed by atoms with Crippen molar-refractivity contribution in [1.82, 2.24) is 0 Å². The molecule has 0 aromatic heterocycles. The van der Waals surface area contributed by atoms with Crippen LogP contribution in [0.15, 0.2) is 0 Å². The minimum Gasteiger partial charge on any atom is -0.388 e. The van der Waals surface area contributed by atoms with Gasteiger partial charge in [0.2, 0.25) is 0 Å². The number of rotatable bonds is 6. The quantitative estimate of drug-likeness (QED) is 0.662. The van der Waals surface area contributed by atoms with E-state index in [4.69, 9.17) is 0 Å². The van der Waals surface area contributed by atoms with E-state index in [0.717, 1.165) is 6.42 Å². The first-order chi connectivity index (χ1) is 5.77. The first-order valence-electron chi connectivity index (χ1n) is 4.36. The number of hydrogen-bond donors (Lipinski definition) is 1.